The number of aryl methyl sites for hydroxylation is 3. The van der Waals surface area contributed by atoms with Crippen LogP contribution in [0, 0.1) is 20.8 Å². The van der Waals surface area contributed by atoms with Crippen molar-refractivity contribution in [2.24, 2.45) is 0 Å². The van der Waals surface area contributed by atoms with Crippen molar-refractivity contribution in [2.45, 2.75) is 27.2 Å². The Bertz CT molecular complexity index is 774. The molecule has 3 aromatic carbocycles. The van der Waals surface area contributed by atoms with Crippen LogP contribution in [0.2, 0.25) is 0 Å². The summed E-state index contributed by atoms with van der Waals surface area (Å²) in [4.78, 5) is 0. The summed E-state index contributed by atoms with van der Waals surface area (Å²) >= 11 is 0. The number of rotatable bonds is 4. The van der Waals surface area contributed by atoms with E-state index in [0.29, 0.717) is 0 Å². The molecule has 1 heteroatoms. The average molecular weight is 289 g/mol. The molecule has 0 aliphatic carbocycles. The molecule has 3 rings (SSSR count). The van der Waals surface area contributed by atoms with Gasteiger partial charge in [0.25, 0.3) is 0 Å². The van der Waals surface area contributed by atoms with Gasteiger partial charge in [0, 0.05) is 12.2 Å². The molecule has 0 spiro atoms. The van der Waals surface area contributed by atoms with Gasteiger partial charge >= 0.3 is 0 Å². The second kappa shape index (κ2) is 6.23. The van der Waals surface area contributed by atoms with E-state index in [9.17, 15) is 0 Å². The van der Waals surface area contributed by atoms with Gasteiger partial charge in [-0.15, -0.1) is 0 Å². The quantitative estimate of drug-likeness (QED) is 0.676. The molecule has 1 N–H and O–H groups in total. The molecular formula is C21H23N. The van der Waals surface area contributed by atoms with Crippen molar-refractivity contribution >= 4 is 16.5 Å². The lowest BCUT2D eigenvalue weighted by Gasteiger charge is -2.14. The van der Waals surface area contributed by atoms with E-state index in [1.165, 1.54) is 38.7 Å². The number of anilines is 1. The fourth-order valence-corrected chi connectivity index (χ4v) is 3.29. The lowest BCUT2D eigenvalue weighted by atomic mass is 10.0. The van der Waals surface area contributed by atoms with E-state index in [1.54, 1.807) is 0 Å². The van der Waals surface area contributed by atoms with Gasteiger partial charge in [-0.25, -0.2) is 0 Å². The predicted molar refractivity (Wildman–Crippen MR) is 96.8 cm³/mol. The molecule has 0 heterocycles. The first-order valence-corrected chi connectivity index (χ1v) is 7.93. The van der Waals surface area contributed by atoms with Crippen molar-refractivity contribution in [1.82, 2.24) is 0 Å². The van der Waals surface area contributed by atoms with Crippen LogP contribution in [0.15, 0.2) is 54.6 Å². The van der Waals surface area contributed by atoms with Crippen LogP contribution in [0.1, 0.15) is 22.3 Å². The molecule has 22 heavy (non-hydrogen) atoms. The third kappa shape index (κ3) is 2.99. The summed E-state index contributed by atoms with van der Waals surface area (Å²) in [5, 5.41) is 6.31. The summed E-state index contributed by atoms with van der Waals surface area (Å²) < 4.78 is 0. The predicted octanol–water partition coefficient (Wildman–Crippen LogP) is 5.42. The molecule has 0 aliphatic heterocycles. The minimum absolute atomic E-state index is 0.957. The fraction of sp³-hybridized carbons (Fsp3) is 0.238. The highest BCUT2D eigenvalue weighted by Gasteiger charge is 2.04. The van der Waals surface area contributed by atoms with Crippen molar-refractivity contribution in [2.75, 3.05) is 11.9 Å². The highest BCUT2D eigenvalue weighted by molar-refractivity contribution is 5.85. The highest BCUT2D eigenvalue weighted by Crippen LogP contribution is 2.23. The molecule has 112 valence electrons. The van der Waals surface area contributed by atoms with Crippen molar-refractivity contribution in [3.8, 4) is 0 Å². The second-order valence-electron chi connectivity index (χ2n) is 6.09. The lowest BCUT2D eigenvalue weighted by molar-refractivity contribution is 1.02. The smallest absolute Gasteiger partial charge is 0.0399 e. The van der Waals surface area contributed by atoms with Crippen molar-refractivity contribution in [3.63, 3.8) is 0 Å². The number of fused-ring (bicyclic) bond motifs is 1. The summed E-state index contributed by atoms with van der Waals surface area (Å²) in [5.41, 5.74) is 6.68. The maximum Gasteiger partial charge on any atom is 0.0399 e. The van der Waals surface area contributed by atoms with Crippen LogP contribution < -0.4 is 5.32 Å². The number of nitrogens with one attached hydrogen (secondary N) is 1. The van der Waals surface area contributed by atoms with Gasteiger partial charge in [-0.2, -0.15) is 0 Å². The fourth-order valence-electron chi connectivity index (χ4n) is 3.29. The standard InChI is InChI=1S/C21H23N/c1-15-13-16(2)21(17(3)14-15)22-12-11-19-9-6-8-18-7-4-5-10-20(18)19/h4-10,13-14,22H,11-12H2,1-3H3. The molecule has 0 aliphatic rings. The number of hydrogen-bond acceptors (Lipinski definition) is 1. The molecule has 0 radical (unpaired) electrons. The molecule has 0 aromatic heterocycles. The van der Waals surface area contributed by atoms with Crippen molar-refractivity contribution in [3.05, 3.63) is 76.9 Å². The first-order valence-electron chi connectivity index (χ1n) is 7.93. The van der Waals surface area contributed by atoms with E-state index in [4.69, 9.17) is 0 Å². The minimum Gasteiger partial charge on any atom is -0.384 e. The summed E-state index contributed by atoms with van der Waals surface area (Å²) in [6, 6.07) is 19.7. The van der Waals surface area contributed by atoms with Gasteiger partial charge in [0.2, 0.25) is 0 Å². The third-order valence-corrected chi connectivity index (χ3v) is 4.25. The summed E-state index contributed by atoms with van der Waals surface area (Å²) in [6.45, 7) is 7.47. The Hall–Kier alpha value is -2.28. The Morgan fingerprint density at radius 1 is 0.818 bits per heavy atom. The molecule has 0 amide bonds. The zero-order valence-corrected chi connectivity index (χ0v) is 13.6. The molecule has 0 saturated carbocycles. The van der Waals surface area contributed by atoms with Crippen LogP contribution in [-0.2, 0) is 6.42 Å². The second-order valence-corrected chi connectivity index (χ2v) is 6.09. The van der Waals surface area contributed by atoms with Gasteiger partial charge in [0.1, 0.15) is 0 Å². The normalized spacial score (nSPS) is 10.9. The maximum absolute atomic E-state index is 3.62. The van der Waals surface area contributed by atoms with Crippen molar-refractivity contribution in [1.29, 1.82) is 0 Å². The van der Waals surface area contributed by atoms with Gasteiger partial charge in [0.05, 0.1) is 0 Å². The largest absolute Gasteiger partial charge is 0.384 e. The van der Waals surface area contributed by atoms with E-state index >= 15 is 0 Å². The highest BCUT2D eigenvalue weighted by atomic mass is 14.9. The molecule has 1 nitrogen and oxygen atoms in total. The van der Waals surface area contributed by atoms with E-state index in [0.717, 1.165) is 13.0 Å². The van der Waals surface area contributed by atoms with E-state index < -0.39 is 0 Å². The molecule has 0 unspecified atom stereocenters. The molecule has 0 bridgehead atoms. The first-order chi connectivity index (χ1) is 10.6. The average Bonchev–Trinajstić information content (AvgIpc) is 2.50. The van der Waals surface area contributed by atoms with Crippen LogP contribution in [0.5, 0.6) is 0 Å². The van der Waals surface area contributed by atoms with Crippen LogP contribution in [0.4, 0.5) is 5.69 Å². The van der Waals surface area contributed by atoms with Crippen LogP contribution >= 0.6 is 0 Å². The SMILES string of the molecule is Cc1cc(C)c(NCCc2cccc3ccccc23)c(C)c1. The third-order valence-electron chi connectivity index (χ3n) is 4.25. The Labute approximate surface area is 133 Å². The monoisotopic (exact) mass is 289 g/mol. The maximum atomic E-state index is 3.62. The van der Waals surface area contributed by atoms with Gasteiger partial charge in [-0.3, -0.25) is 0 Å². The Kier molecular flexibility index (Phi) is 4.15. The molecule has 3 aromatic rings. The van der Waals surface area contributed by atoms with Crippen LogP contribution in [-0.4, -0.2) is 6.54 Å². The Morgan fingerprint density at radius 2 is 1.50 bits per heavy atom. The Balaban J connectivity index is 1.76. The molecule has 0 saturated heterocycles. The van der Waals surface area contributed by atoms with Crippen LogP contribution in [0.3, 0.4) is 0 Å². The zero-order chi connectivity index (χ0) is 15.5. The van der Waals surface area contributed by atoms with Crippen LogP contribution in [0.25, 0.3) is 10.8 Å². The summed E-state index contributed by atoms with van der Waals surface area (Å²) in [7, 11) is 0. The lowest BCUT2D eigenvalue weighted by Crippen LogP contribution is -2.08. The van der Waals surface area contributed by atoms with Gasteiger partial charge in [-0.1, -0.05) is 60.2 Å². The summed E-state index contributed by atoms with van der Waals surface area (Å²) in [5.74, 6) is 0. The molecular weight excluding hydrogens is 266 g/mol. The van der Waals surface area contributed by atoms with Gasteiger partial charge < -0.3 is 5.32 Å². The van der Waals surface area contributed by atoms with Gasteiger partial charge in [0.15, 0.2) is 0 Å². The Morgan fingerprint density at radius 3 is 2.27 bits per heavy atom. The van der Waals surface area contributed by atoms with E-state index in [2.05, 4.69) is 80.7 Å². The number of hydrogen-bond donors (Lipinski definition) is 1. The molecule has 0 atom stereocenters. The summed E-state index contributed by atoms with van der Waals surface area (Å²) in [6.07, 6.45) is 1.04. The zero-order valence-electron chi connectivity index (χ0n) is 13.6. The van der Waals surface area contributed by atoms with Gasteiger partial charge in [-0.05, 0) is 54.7 Å². The topological polar surface area (TPSA) is 12.0 Å². The minimum atomic E-state index is 0.957. The van der Waals surface area contributed by atoms with Crippen molar-refractivity contribution < 1.29 is 0 Å². The van der Waals surface area contributed by atoms with E-state index in [1.807, 2.05) is 0 Å². The van der Waals surface area contributed by atoms with E-state index in [-0.39, 0.29) is 0 Å². The first kappa shape index (κ1) is 14.6. The molecule has 0 fully saturated rings. The number of benzene rings is 3.